The van der Waals surface area contributed by atoms with Gasteiger partial charge in [0.1, 0.15) is 0 Å². The van der Waals surface area contributed by atoms with E-state index in [1.807, 2.05) is 38.3 Å². The summed E-state index contributed by atoms with van der Waals surface area (Å²) in [6, 6.07) is 13.7. The van der Waals surface area contributed by atoms with Crippen molar-refractivity contribution in [2.24, 2.45) is 5.41 Å². The van der Waals surface area contributed by atoms with Gasteiger partial charge in [0.2, 0.25) is 5.91 Å². The largest absolute Gasteiger partial charge is 0.454 e. The van der Waals surface area contributed by atoms with Gasteiger partial charge in [-0.2, -0.15) is 0 Å². The Hall–Kier alpha value is -2.97. The number of aromatic nitrogens is 1. The zero-order chi connectivity index (χ0) is 23.1. The maximum Gasteiger partial charge on any atom is 0.339 e. The molecular formula is C24H24N2O4S2. The van der Waals surface area contributed by atoms with Gasteiger partial charge in [-0.25, -0.2) is 9.78 Å². The Morgan fingerprint density at radius 2 is 1.78 bits per heavy atom. The Bertz CT molecular complexity index is 1090. The normalized spacial score (nSPS) is 11.1. The summed E-state index contributed by atoms with van der Waals surface area (Å²) in [5.41, 5.74) is 3.62. The molecule has 0 aliphatic heterocycles. The van der Waals surface area contributed by atoms with Crippen LogP contribution in [0.5, 0.6) is 0 Å². The number of benzene rings is 2. The number of nitrogens with zero attached hydrogens (tertiary/aromatic N) is 1. The highest BCUT2D eigenvalue weighted by molar-refractivity contribution is 7.98. The van der Waals surface area contributed by atoms with E-state index < -0.39 is 11.4 Å². The number of thiazole rings is 1. The smallest absolute Gasteiger partial charge is 0.339 e. The molecule has 1 amide bonds. The van der Waals surface area contributed by atoms with Crippen LogP contribution >= 0.6 is 23.1 Å². The molecule has 0 atom stereocenters. The number of hydrogen-bond acceptors (Lipinski definition) is 7. The third kappa shape index (κ3) is 6.51. The number of carbonyl (C=O) groups excluding carboxylic acids is 3. The van der Waals surface area contributed by atoms with Crippen molar-refractivity contribution >= 4 is 46.4 Å². The molecule has 0 saturated heterocycles. The van der Waals surface area contributed by atoms with Gasteiger partial charge in [-0.1, -0.05) is 32.9 Å². The van der Waals surface area contributed by atoms with Crippen LogP contribution < -0.4 is 5.32 Å². The number of rotatable bonds is 8. The van der Waals surface area contributed by atoms with Crippen LogP contribution in [0.2, 0.25) is 0 Å². The topological polar surface area (TPSA) is 85.4 Å². The lowest BCUT2D eigenvalue weighted by Crippen LogP contribution is -2.27. The van der Waals surface area contributed by atoms with Crippen molar-refractivity contribution in [3.05, 3.63) is 76.2 Å². The highest BCUT2D eigenvalue weighted by atomic mass is 32.2. The third-order valence-corrected chi connectivity index (χ3v) is 6.19. The van der Waals surface area contributed by atoms with E-state index in [2.05, 4.69) is 10.3 Å². The Morgan fingerprint density at radius 3 is 2.44 bits per heavy atom. The predicted octanol–water partition coefficient (Wildman–Crippen LogP) is 5.46. The molecule has 166 valence electrons. The fourth-order valence-corrected chi connectivity index (χ4v) is 4.18. The second kappa shape index (κ2) is 10.6. The van der Waals surface area contributed by atoms with E-state index in [0.29, 0.717) is 22.6 Å². The molecule has 8 heteroatoms. The zero-order valence-electron chi connectivity index (χ0n) is 18.1. The Morgan fingerprint density at radius 1 is 1.06 bits per heavy atom. The molecule has 1 N–H and O–H groups in total. The van der Waals surface area contributed by atoms with Crippen molar-refractivity contribution in [2.75, 3.05) is 11.9 Å². The first-order chi connectivity index (χ1) is 15.2. The summed E-state index contributed by atoms with van der Waals surface area (Å²) in [6.45, 7) is 5.11. The van der Waals surface area contributed by atoms with E-state index in [0.717, 1.165) is 10.6 Å². The van der Waals surface area contributed by atoms with Gasteiger partial charge in [-0.3, -0.25) is 9.59 Å². The minimum Gasteiger partial charge on any atom is -0.454 e. The molecule has 0 bridgehead atoms. The summed E-state index contributed by atoms with van der Waals surface area (Å²) in [5.74, 6) is -0.338. The fourth-order valence-electron chi connectivity index (χ4n) is 2.57. The van der Waals surface area contributed by atoms with Gasteiger partial charge >= 0.3 is 5.97 Å². The molecule has 1 aromatic heterocycles. The van der Waals surface area contributed by atoms with E-state index in [1.165, 1.54) is 23.1 Å². The first-order valence-corrected chi connectivity index (χ1v) is 11.9. The van der Waals surface area contributed by atoms with Gasteiger partial charge in [0.25, 0.3) is 0 Å². The standard InChI is InChI=1S/C24H24N2O4S2/c1-24(2,3)23(29)26-17-10-8-16(9-11-17)20(27)12-30-22(28)19-6-4-5-7-21(19)32-14-18-13-31-15-25-18/h4-11,13,15H,12,14H2,1-3H3,(H,26,29). The lowest BCUT2D eigenvalue weighted by atomic mass is 9.95. The minimum absolute atomic E-state index is 0.114. The molecule has 0 unspecified atom stereocenters. The molecule has 0 radical (unpaired) electrons. The molecule has 0 fully saturated rings. The first-order valence-electron chi connectivity index (χ1n) is 9.95. The van der Waals surface area contributed by atoms with Crippen LogP contribution in [-0.4, -0.2) is 29.3 Å². The molecule has 0 spiro atoms. The molecule has 0 aliphatic rings. The lowest BCUT2D eigenvalue weighted by molar-refractivity contribution is -0.123. The number of esters is 1. The maximum absolute atomic E-state index is 12.6. The second-order valence-corrected chi connectivity index (χ2v) is 9.78. The van der Waals surface area contributed by atoms with Crippen molar-refractivity contribution in [1.82, 2.24) is 4.98 Å². The van der Waals surface area contributed by atoms with Gasteiger partial charge in [0.15, 0.2) is 12.4 Å². The molecular weight excluding hydrogens is 444 g/mol. The van der Waals surface area contributed by atoms with Crippen LogP contribution in [0.1, 0.15) is 47.2 Å². The number of hydrogen-bond donors (Lipinski definition) is 1. The number of thioether (sulfide) groups is 1. The van der Waals surface area contributed by atoms with Crippen molar-refractivity contribution in [2.45, 2.75) is 31.4 Å². The molecule has 3 aromatic rings. The van der Waals surface area contributed by atoms with E-state index in [4.69, 9.17) is 4.74 Å². The van der Waals surface area contributed by atoms with Gasteiger partial charge < -0.3 is 10.1 Å². The predicted molar refractivity (Wildman–Crippen MR) is 127 cm³/mol. The second-order valence-electron chi connectivity index (χ2n) is 8.05. The molecule has 0 aliphatic carbocycles. The SMILES string of the molecule is CC(C)(C)C(=O)Nc1ccc(C(=O)COC(=O)c2ccccc2SCc2cscn2)cc1. The third-order valence-electron chi connectivity index (χ3n) is 4.45. The first kappa shape index (κ1) is 23.7. The summed E-state index contributed by atoms with van der Waals surface area (Å²) >= 11 is 3.02. The zero-order valence-corrected chi connectivity index (χ0v) is 19.7. The van der Waals surface area contributed by atoms with Crippen LogP contribution in [0.25, 0.3) is 0 Å². The minimum atomic E-state index is -0.547. The molecule has 32 heavy (non-hydrogen) atoms. The lowest BCUT2D eigenvalue weighted by Gasteiger charge is -2.17. The Kier molecular flexibility index (Phi) is 7.82. The Labute approximate surface area is 195 Å². The molecule has 0 saturated carbocycles. The van der Waals surface area contributed by atoms with E-state index in [1.54, 1.807) is 41.9 Å². The van der Waals surface area contributed by atoms with Crippen molar-refractivity contribution in [1.29, 1.82) is 0 Å². The number of nitrogens with one attached hydrogen (secondary N) is 1. The number of ether oxygens (including phenoxy) is 1. The van der Waals surface area contributed by atoms with Crippen LogP contribution in [0.4, 0.5) is 5.69 Å². The summed E-state index contributed by atoms with van der Waals surface area (Å²) in [5, 5.41) is 4.77. The number of amides is 1. The fraction of sp³-hybridized carbons (Fsp3) is 0.250. The highest BCUT2D eigenvalue weighted by Crippen LogP contribution is 2.27. The molecule has 2 aromatic carbocycles. The van der Waals surface area contributed by atoms with Gasteiger partial charge in [0.05, 0.1) is 16.8 Å². The van der Waals surface area contributed by atoms with Crippen molar-refractivity contribution < 1.29 is 19.1 Å². The van der Waals surface area contributed by atoms with Crippen LogP contribution in [0, 0.1) is 5.41 Å². The maximum atomic E-state index is 12.6. The average molecular weight is 469 g/mol. The van der Waals surface area contributed by atoms with Gasteiger partial charge in [-0.15, -0.1) is 23.1 Å². The van der Waals surface area contributed by atoms with Crippen molar-refractivity contribution in [3.8, 4) is 0 Å². The molecule has 3 rings (SSSR count). The van der Waals surface area contributed by atoms with E-state index >= 15 is 0 Å². The molecule has 6 nitrogen and oxygen atoms in total. The van der Waals surface area contributed by atoms with Gasteiger partial charge in [0, 0.05) is 32.7 Å². The van der Waals surface area contributed by atoms with E-state index in [-0.39, 0.29) is 18.3 Å². The average Bonchev–Trinajstić information content (AvgIpc) is 3.29. The molecule has 1 heterocycles. The summed E-state index contributed by atoms with van der Waals surface area (Å²) in [7, 11) is 0. The van der Waals surface area contributed by atoms with E-state index in [9.17, 15) is 14.4 Å². The highest BCUT2D eigenvalue weighted by Gasteiger charge is 2.21. The number of ketones is 1. The van der Waals surface area contributed by atoms with Crippen LogP contribution in [0.3, 0.4) is 0 Å². The Balaban J connectivity index is 1.57. The van der Waals surface area contributed by atoms with Crippen LogP contribution in [-0.2, 0) is 15.3 Å². The number of anilines is 1. The number of Topliss-reactive ketones (excluding diaryl/α,β-unsaturated/α-hetero) is 1. The summed E-state index contributed by atoms with van der Waals surface area (Å²) in [4.78, 5) is 42.1. The summed E-state index contributed by atoms with van der Waals surface area (Å²) < 4.78 is 5.28. The van der Waals surface area contributed by atoms with Gasteiger partial charge in [-0.05, 0) is 36.4 Å². The quantitative estimate of drug-likeness (QED) is 0.268. The van der Waals surface area contributed by atoms with Crippen molar-refractivity contribution in [3.63, 3.8) is 0 Å². The summed E-state index contributed by atoms with van der Waals surface area (Å²) in [6.07, 6.45) is 0. The monoisotopic (exact) mass is 468 g/mol. The number of carbonyl (C=O) groups is 3. The van der Waals surface area contributed by atoms with Crippen LogP contribution in [0.15, 0.2) is 64.3 Å².